The summed E-state index contributed by atoms with van der Waals surface area (Å²) in [7, 11) is 0.783. The van der Waals surface area contributed by atoms with Gasteiger partial charge >= 0.3 is 17.8 Å². The highest BCUT2D eigenvalue weighted by molar-refractivity contribution is 7.18. The zero-order valence-corrected chi connectivity index (χ0v) is 14.9. The van der Waals surface area contributed by atoms with Crippen LogP contribution in [0.2, 0.25) is 0 Å². The predicted octanol–water partition coefficient (Wildman–Crippen LogP) is 1.71. The molecule has 144 valence electrons. The van der Waals surface area contributed by atoms with Crippen LogP contribution in [0.15, 0.2) is 0 Å². The Bertz CT molecular complexity index is 747. The highest BCUT2D eigenvalue weighted by Gasteiger charge is 2.63. The molecule has 0 bridgehead atoms. The fourth-order valence-corrected chi connectivity index (χ4v) is 4.12. The fraction of sp³-hybridized carbons (Fsp3) is 0.533. The molecule has 1 aromatic heterocycles. The minimum absolute atomic E-state index is 0.0371. The van der Waals surface area contributed by atoms with E-state index in [1.165, 1.54) is 0 Å². The van der Waals surface area contributed by atoms with E-state index in [9.17, 15) is 27.6 Å². The molecule has 1 heterocycles. The minimum Gasteiger partial charge on any atom is -0.466 e. The van der Waals surface area contributed by atoms with E-state index in [-0.39, 0.29) is 9.88 Å². The lowest BCUT2D eigenvalue weighted by Gasteiger charge is -2.34. The molecule has 1 aliphatic carbocycles. The first-order valence-electron chi connectivity index (χ1n) is 7.70. The number of hydrogen-bond acceptors (Lipinski definition) is 6. The van der Waals surface area contributed by atoms with E-state index in [0.29, 0.717) is 30.4 Å². The highest BCUT2D eigenvalue weighted by atomic mass is 32.1. The Hall–Kier alpha value is -2.30. The SMILES string of the molecule is COC(=O)C(NC(C)=O)(Nc1sc(C(N)=O)c2c1CCCC2)C(F)(F)F. The number of esters is 1. The zero-order chi connectivity index (χ0) is 19.7. The molecule has 0 fully saturated rings. The number of halogens is 3. The summed E-state index contributed by atoms with van der Waals surface area (Å²) in [5, 5.41) is 3.68. The van der Waals surface area contributed by atoms with Gasteiger partial charge in [0, 0.05) is 6.92 Å². The van der Waals surface area contributed by atoms with Crippen molar-refractivity contribution in [1.29, 1.82) is 0 Å². The average Bonchev–Trinajstić information content (AvgIpc) is 2.91. The lowest BCUT2D eigenvalue weighted by Crippen LogP contribution is -2.69. The third kappa shape index (κ3) is 3.48. The number of alkyl halides is 3. The average molecular weight is 393 g/mol. The molecule has 1 aromatic rings. The van der Waals surface area contributed by atoms with Gasteiger partial charge in [0.25, 0.3) is 5.91 Å². The molecule has 1 unspecified atom stereocenters. The summed E-state index contributed by atoms with van der Waals surface area (Å²) in [6, 6.07) is 0. The molecule has 0 spiro atoms. The Balaban J connectivity index is 2.60. The number of anilines is 1. The maximum Gasteiger partial charge on any atom is 0.441 e. The van der Waals surface area contributed by atoms with Gasteiger partial charge < -0.3 is 21.1 Å². The Morgan fingerprint density at radius 3 is 2.19 bits per heavy atom. The standard InChI is InChI=1S/C15H18F3N3O4S/c1-7(22)20-14(13(24)25-2,15(16,17)18)21-12-9-6-4-3-5-8(9)10(26-12)11(19)23/h21H,3-6H2,1-2H3,(H2,19,23)(H,20,22). The van der Waals surface area contributed by atoms with Crippen molar-refractivity contribution in [3.05, 3.63) is 16.0 Å². The molecule has 0 aliphatic heterocycles. The number of ether oxygens (including phenoxy) is 1. The molecule has 2 rings (SSSR count). The Labute approximate surface area is 151 Å². The molecule has 0 radical (unpaired) electrons. The van der Waals surface area contributed by atoms with Crippen molar-refractivity contribution in [2.24, 2.45) is 5.73 Å². The minimum atomic E-state index is -5.20. The van der Waals surface area contributed by atoms with Crippen LogP contribution in [0.5, 0.6) is 0 Å². The third-order valence-corrected chi connectivity index (χ3v) is 5.23. The maximum absolute atomic E-state index is 13.8. The smallest absolute Gasteiger partial charge is 0.441 e. The van der Waals surface area contributed by atoms with Crippen molar-refractivity contribution in [1.82, 2.24) is 5.32 Å². The Kier molecular flexibility index (Phi) is 5.49. The zero-order valence-electron chi connectivity index (χ0n) is 14.1. The second-order valence-corrected chi connectivity index (χ2v) is 6.85. The number of thiophene rings is 1. The molecule has 1 atom stereocenters. The van der Waals surface area contributed by atoms with Gasteiger partial charge in [0.1, 0.15) is 0 Å². The van der Waals surface area contributed by atoms with Crippen molar-refractivity contribution in [2.75, 3.05) is 12.4 Å². The molecule has 0 saturated carbocycles. The van der Waals surface area contributed by atoms with Crippen LogP contribution in [0.3, 0.4) is 0 Å². The highest BCUT2D eigenvalue weighted by Crippen LogP contribution is 2.42. The van der Waals surface area contributed by atoms with Gasteiger partial charge in [0.2, 0.25) is 5.91 Å². The molecule has 7 nitrogen and oxygen atoms in total. The number of fused-ring (bicyclic) bond motifs is 1. The van der Waals surface area contributed by atoms with Gasteiger partial charge in [-0.3, -0.25) is 9.59 Å². The number of carbonyl (C=O) groups excluding carboxylic acids is 3. The van der Waals surface area contributed by atoms with Crippen LogP contribution >= 0.6 is 11.3 Å². The van der Waals surface area contributed by atoms with E-state index < -0.39 is 29.6 Å². The largest absolute Gasteiger partial charge is 0.466 e. The second-order valence-electron chi connectivity index (χ2n) is 5.83. The molecule has 2 amide bonds. The van der Waals surface area contributed by atoms with Crippen LogP contribution in [0.4, 0.5) is 18.2 Å². The van der Waals surface area contributed by atoms with Crippen LogP contribution in [-0.4, -0.2) is 36.7 Å². The summed E-state index contributed by atoms with van der Waals surface area (Å²) in [5.41, 5.74) is 2.94. The molecule has 4 N–H and O–H groups in total. The molecule has 1 aliphatic rings. The maximum atomic E-state index is 13.8. The van der Waals surface area contributed by atoms with Gasteiger partial charge in [-0.25, -0.2) is 4.79 Å². The van der Waals surface area contributed by atoms with Crippen LogP contribution in [-0.2, 0) is 27.2 Å². The first kappa shape index (κ1) is 20.0. The van der Waals surface area contributed by atoms with E-state index >= 15 is 0 Å². The first-order chi connectivity index (χ1) is 12.0. The Morgan fingerprint density at radius 1 is 1.15 bits per heavy atom. The van der Waals surface area contributed by atoms with Crippen LogP contribution < -0.4 is 16.4 Å². The van der Waals surface area contributed by atoms with Gasteiger partial charge in [-0.1, -0.05) is 0 Å². The van der Waals surface area contributed by atoms with Gasteiger partial charge in [0.15, 0.2) is 0 Å². The molecule has 0 aromatic carbocycles. The van der Waals surface area contributed by atoms with E-state index in [0.717, 1.165) is 31.8 Å². The molecule has 11 heteroatoms. The van der Waals surface area contributed by atoms with Gasteiger partial charge in [-0.2, -0.15) is 13.2 Å². The molecule has 0 saturated heterocycles. The van der Waals surface area contributed by atoms with Gasteiger partial charge in [-0.05, 0) is 36.8 Å². The molecular formula is C15H18F3N3O4S. The van der Waals surface area contributed by atoms with Crippen LogP contribution in [0.1, 0.15) is 40.6 Å². The summed E-state index contributed by atoms with van der Waals surface area (Å²) in [4.78, 5) is 35.2. The van der Waals surface area contributed by atoms with Gasteiger partial charge in [0.05, 0.1) is 17.0 Å². The predicted molar refractivity (Wildman–Crippen MR) is 87.7 cm³/mol. The number of carbonyl (C=O) groups is 3. The number of primary amides is 1. The van der Waals surface area contributed by atoms with E-state index in [2.05, 4.69) is 10.1 Å². The van der Waals surface area contributed by atoms with Crippen molar-refractivity contribution in [2.45, 2.75) is 44.4 Å². The quantitative estimate of drug-likeness (QED) is 0.521. The number of nitrogens with two attached hydrogens (primary N) is 1. The summed E-state index contributed by atoms with van der Waals surface area (Å²) < 4.78 is 45.7. The summed E-state index contributed by atoms with van der Waals surface area (Å²) in [6.07, 6.45) is -2.78. The number of hydrogen-bond donors (Lipinski definition) is 3. The van der Waals surface area contributed by atoms with E-state index in [1.807, 2.05) is 0 Å². The molecule has 26 heavy (non-hydrogen) atoms. The lowest BCUT2D eigenvalue weighted by atomic mass is 9.92. The van der Waals surface area contributed by atoms with Crippen molar-refractivity contribution < 1.29 is 32.3 Å². The number of amides is 2. The normalized spacial score (nSPS) is 16.2. The second kappa shape index (κ2) is 7.14. The van der Waals surface area contributed by atoms with Crippen molar-refractivity contribution in [3.63, 3.8) is 0 Å². The van der Waals surface area contributed by atoms with Crippen molar-refractivity contribution in [3.8, 4) is 0 Å². The Morgan fingerprint density at radius 2 is 1.73 bits per heavy atom. The monoisotopic (exact) mass is 393 g/mol. The van der Waals surface area contributed by atoms with Crippen LogP contribution in [0.25, 0.3) is 0 Å². The summed E-state index contributed by atoms with van der Waals surface area (Å²) >= 11 is 0.737. The lowest BCUT2D eigenvalue weighted by molar-refractivity contribution is -0.206. The number of rotatable bonds is 5. The topological polar surface area (TPSA) is 111 Å². The van der Waals surface area contributed by atoms with Crippen molar-refractivity contribution >= 4 is 34.1 Å². The van der Waals surface area contributed by atoms with Gasteiger partial charge in [-0.15, -0.1) is 11.3 Å². The van der Waals surface area contributed by atoms with Crippen LogP contribution in [0, 0.1) is 0 Å². The summed E-state index contributed by atoms with van der Waals surface area (Å²) in [5.74, 6) is -3.56. The summed E-state index contributed by atoms with van der Waals surface area (Å²) in [6.45, 7) is 0.851. The first-order valence-corrected chi connectivity index (χ1v) is 8.51. The fourth-order valence-electron chi connectivity index (χ4n) is 2.91. The van der Waals surface area contributed by atoms with E-state index in [1.54, 1.807) is 5.32 Å². The number of nitrogens with one attached hydrogen (secondary N) is 2. The third-order valence-electron chi connectivity index (χ3n) is 4.03. The number of methoxy groups -OCH3 is 1. The molecular weight excluding hydrogens is 375 g/mol. The van der Waals surface area contributed by atoms with E-state index in [4.69, 9.17) is 5.73 Å².